The second-order valence-electron chi connectivity index (χ2n) is 16.0. The van der Waals surface area contributed by atoms with Crippen LogP contribution in [0.2, 0.25) is 5.15 Å². The highest BCUT2D eigenvalue weighted by atomic mass is 35.5. The lowest BCUT2D eigenvalue weighted by Crippen LogP contribution is -2.50. The van der Waals surface area contributed by atoms with Gasteiger partial charge in [0, 0.05) is 12.0 Å². The number of hydrogen-bond donors (Lipinski definition) is 0. The van der Waals surface area contributed by atoms with Crippen molar-refractivity contribution in [2.24, 2.45) is 23.2 Å². The van der Waals surface area contributed by atoms with Crippen molar-refractivity contribution in [1.82, 2.24) is 14.9 Å². The molecule has 2 heterocycles. The Balaban J connectivity index is 1.48. The first kappa shape index (κ1) is 39.0. The van der Waals surface area contributed by atoms with E-state index in [0.29, 0.717) is 29.1 Å². The number of esters is 2. The van der Waals surface area contributed by atoms with Crippen LogP contribution in [0.4, 0.5) is 0 Å². The Morgan fingerprint density at radius 3 is 2.40 bits per heavy atom. The summed E-state index contributed by atoms with van der Waals surface area (Å²) in [4.78, 5) is 53.2. The molecule has 0 radical (unpaired) electrons. The molecule has 0 N–H and O–H groups in total. The SMILES string of the molecule is C=CCCC[C@@H]1C[C@H]1OC(=O)C[C@H](C(=O)N1C[C@H](Oc2nc3cc(OC)ccc3nc2Cl)[C@@H](Cc2ccccc2)C1C(=O)OC(C)(C)C)C(C)(C)C. The van der Waals surface area contributed by atoms with Crippen molar-refractivity contribution in [2.75, 3.05) is 13.7 Å². The summed E-state index contributed by atoms with van der Waals surface area (Å²) in [5.74, 6) is -1.65. The lowest BCUT2D eigenvalue weighted by molar-refractivity contribution is -0.167. The third-order valence-electron chi connectivity index (χ3n) is 9.74. The van der Waals surface area contributed by atoms with Gasteiger partial charge < -0.3 is 23.8 Å². The minimum absolute atomic E-state index is 0.0318. The Bertz CT molecular complexity index is 1750. The predicted molar refractivity (Wildman–Crippen MR) is 200 cm³/mol. The van der Waals surface area contributed by atoms with Gasteiger partial charge in [-0.05, 0) is 81.9 Å². The average Bonchev–Trinajstić information content (AvgIpc) is 3.71. The number of carbonyl (C=O) groups excluding carboxylic acids is 3. The van der Waals surface area contributed by atoms with E-state index in [0.717, 1.165) is 31.2 Å². The Kier molecular flexibility index (Phi) is 12.2. The van der Waals surface area contributed by atoms with Crippen LogP contribution in [0, 0.1) is 23.2 Å². The first-order chi connectivity index (χ1) is 24.6. The van der Waals surface area contributed by atoms with Gasteiger partial charge in [0.15, 0.2) is 5.15 Å². The van der Waals surface area contributed by atoms with Crippen molar-refractivity contribution >= 4 is 40.5 Å². The molecule has 3 aromatic rings. The fourth-order valence-corrected chi connectivity index (χ4v) is 7.08. The smallest absolute Gasteiger partial charge is 0.329 e. The number of fused-ring (bicyclic) bond motifs is 1. The second-order valence-corrected chi connectivity index (χ2v) is 16.4. The van der Waals surface area contributed by atoms with Crippen LogP contribution in [0.15, 0.2) is 61.2 Å². The molecule has 2 aromatic carbocycles. The van der Waals surface area contributed by atoms with Gasteiger partial charge >= 0.3 is 11.9 Å². The fraction of sp³-hybridized carbons (Fsp3) is 0.537. The maximum Gasteiger partial charge on any atom is 0.329 e. The number of methoxy groups -OCH3 is 1. The molecule has 1 aliphatic carbocycles. The van der Waals surface area contributed by atoms with E-state index in [2.05, 4.69) is 16.5 Å². The molecule has 1 saturated heterocycles. The number of nitrogens with zero attached hydrogens (tertiary/aromatic N) is 3. The molecule has 11 heteroatoms. The monoisotopic (exact) mass is 733 g/mol. The molecule has 2 fully saturated rings. The summed E-state index contributed by atoms with van der Waals surface area (Å²) in [5, 5.41) is 0.0490. The molecule has 2 aliphatic rings. The topological polar surface area (TPSA) is 117 Å². The fourth-order valence-electron chi connectivity index (χ4n) is 6.90. The molecule has 10 nitrogen and oxygen atoms in total. The van der Waals surface area contributed by atoms with Gasteiger partial charge in [-0.15, -0.1) is 6.58 Å². The van der Waals surface area contributed by atoms with E-state index in [9.17, 15) is 14.4 Å². The third-order valence-corrected chi connectivity index (χ3v) is 9.99. The predicted octanol–water partition coefficient (Wildman–Crippen LogP) is 7.79. The highest BCUT2D eigenvalue weighted by molar-refractivity contribution is 6.31. The summed E-state index contributed by atoms with van der Waals surface area (Å²) < 4.78 is 23.8. The number of carbonyl (C=O) groups is 3. The van der Waals surface area contributed by atoms with E-state index in [-0.39, 0.29) is 36.0 Å². The van der Waals surface area contributed by atoms with E-state index in [1.54, 1.807) is 46.1 Å². The molecule has 1 aromatic heterocycles. The Hall–Kier alpha value is -4.18. The first-order valence-electron chi connectivity index (χ1n) is 18.1. The van der Waals surface area contributed by atoms with Crippen LogP contribution in [-0.4, -0.2) is 70.2 Å². The number of rotatable bonds is 14. The molecular formula is C41H52ClN3O7. The van der Waals surface area contributed by atoms with Crippen LogP contribution < -0.4 is 9.47 Å². The summed E-state index contributed by atoms with van der Waals surface area (Å²) in [7, 11) is 1.57. The van der Waals surface area contributed by atoms with E-state index < -0.39 is 46.9 Å². The third kappa shape index (κ3) is 9.82. The lowest BCUT2D eigenvalue weighted by Gasteiger charge is -2.35. The molecule has 0 spiro atoms. The van der Waals surface area contributed by atoms with Crippen molar-refractivity contribution in [3.63, 3.8) is 0 Å². The van der Waals surface area contributed by atoms with Gasteiger partial charge in [0.25, 0.3) is 5.88 Å². The van der Waals surface area contributed by atoms with Gasteiger partial charge in [0.1, 0.15) is 29.6 Å². The van der Waals surface area contributed by atoms with Crippen molar-refractivity contribution in [1.29, 1.82) is 0 Å². The van der Waals surface area contributed by atoms with Crippen LogP contribution in [-0.2, 0) is 30.3 Å². The van der Waals surface area contributed by atoms with Crippen LogP contribution in [0.5, 0.6) is 11.6 Å². The van der Waals surface area contributed by atoms with E-state index >= 15 is 0 Å². The van der Waals surface area contributed by atoms with E-state index in [1.165, 1.54) is 4.90 Å². The van der Waals surface area contributed by atoms with Crippen molar-refractivity contribution in [3.05, 3.63) is 71.9 Å². The molecule has 6 atom stereocenters. The summed E-state index contributed by atoms with van der Waals surface area (Å²) in [6, 6.07) is 14.0. The first-order valence-corrected chi connectivity index (χ1v) is 18.5. The van der Waals surface area contributed by atoms with Crippen molar-refractivity contribution in [3.8, 4) is 11.6 Å². The number of halogens is 1. The average molecular weight is 734 g/mol. The second kappa shape index (κ2) is 16.2. The minimum atomic E-state index is -1.03. The van der Waals surface area contributed by atoms with Crippen LogP contribution >= 0.6 is 11.6 Å². The maximum atomic E-state index is 14.8. The molecule has 280 valence electrons. The van der Waals surface area contributed by atoms with Gasteiger partial charge in [0.05, 0.1) is 37.0 Å². The highest BCUT2D eigenvalue weighted by Gasteiger charge is 2.53. The number of likely N-dealkylation sites (tertiary alicyclic amines) is 1. The summed E-state index contributed by atoms with van der Waals surface area (Å²) in [6.45, 7) is 15.0. The number of benzene rings is 2. The van der Waals surface area contributed by atoms with Crippen LogP contribution in [0.3, 0.4) is 0 Å². The number of ether oxygens (including phenoxy) is 4. The normalized spacial score (nSPS) is 22.1. The summed E-state index contributed by atoms with van der Waals surface area (Å²) in [6.07, 6.45) is 5.05. The van der Waals surface area contributed by atoms with Gasteiger partial charge in [0.2, 0.25) is 5.91 Å². The largest absolute Gasteiger partial charge is 0.497 e. The number of allylic oxidation sites excluding steroid dienone is 1. The standard InChI is InChI=1S/C41H52ClN3O7/c1-9-10-12-17-26-21-32(26)50-34(46)23-29(40(2,3)4)38(47)45-24-33(51-37-36(42)43-30-19-18-27(49-8)22-31(30)44-37)28(20-25-15-13-11-14-16-25)35(45)39(48)52-41(5,6)7/h9,11,13-16,18-19,22,26,28-29,32-33,35H,1,10,12,17,20-21,23-24H2,2-8H3/t26-,28-,29-,32-,33+,35?/m1/s1. The Labute approximate surface area is 312 Å². The zero-order chi connectivity index (χ0) is 37.8. The highest BCUT2D eigenvalue weighted by Crippen LogP contribution is 2.41. The number of amides is 1. The van der Waals surface area contributed by atoms with Crippen molar-refractivity contribution in [2.45, 2.75) is 104 Å². The van der Waals surface area contributed by atoms with Gasteiger partial charge in [-0.25, -0.2) is 14.8 Å². The molecule has 1 amide bonds. The summed E-state index contributed by atoms with van der Waals surface area (Å²) >= 11 is 6.65. The zero-order valence-electron chi connectivity index (χ0n) is 31.4. The number of aromatic nitrogens is 2. The molecule has 1 aliphatic heterocycles. The summed E-state index contributed by atoms with van der Waals surface area (Å²) in [5.41, 5.74) is 0.559. The lowest BCUT2D eigenvalue weighted by atomic mass is 9.77. The Morgan fingerprint density at radius 1 is 1.02 bits per heavy atom. The molecular weight excluding hydrogens is 682 g/mol. The van der Waals surface area contributed by atoms with Crippen LogP contribution in [0.25, 0.3) is 11.0 Å². The number of hydrogen-bond acceptors (Lipinski definition) is 9. The van der Waals surface area contributed by atoms with E-state index in [4.69, 9.17) is 30.5 Å². The minimum Gasteiger partial charge on any atom is -0.497 e. The molecule has 5 rings (SSSR count). The molecule has 1 saturated carbocycles. The van der Waals surface area contributed by atoms with Gasteiger partial charge in [-0.3, -0.25) is 9.59 Å². The van der Waals surface area contributed by atoms with Gasteiger partial charge in [-0.1, -0.05) is 68.8 Å². The molecule has 52 heavy (non-hydrogen) atoms. The zero-order valence-corrected chi connectivity index (χ0v) is 32.2. The number of unbranched alkanes of at least 4 members (excludes halogenated alkanes) is 1. The molecule has 1 unspecified atom stereocenters. The molecule has 0 bridgehead atoms. The van der Waals surface area contributed by atoms with Gasteiger partial charge in [-0.2, -0.15) is 0 Å². The quantitative estimate of drug-likeness (QED) is 0.0930. The maximum absolute atomic E-state index is 14.8. The van der Waals surface area contributed by atoms with Crippen molar-refractivity contribution < 1.29 is 33.3 Å². The van der Waals surface area contributed by atoms with Crippen LogP contribution in [0.1, 0.15) is 79.2 Å². The van der Waals surface area contributed by atoms with E-state index in [1.807, 2.05) is 57.2 Å². The Morgan fingerprint density at radius 2 is 1.75 bits per heavy atom.